The highest BCUT2D eigenvalue weighted by Gasteiger charge is 2.31. The van der Waals surface area contributed by atoms with E-state index in [2.05, 4.69) is 20.6 Å². The number of alkyl halides is 3. The van der Waals surface area contributed by atoms with Gasteiger partial charge in [-0.15, -0.1) is 0 Å². The number of amides is 3. The number of piperidine rings is 1. The lowest BCUT2D eigenvalue weighted by molar-refractivity contribution is -0.123. The van der Waals surface area contributed by atoms with E-state index < -0.39 is 24.6 Å². The maximum atomic E-state index is 15.1. The molecule has 0 atom stereocenters. The lowest BCUT2D eigenvalue weighted by atomic mass is 10.0. The molecule has 37 heavy (non-hydrogen) atoms. The molecule has 1 aliphatic carbocycles. The predicted molar refractivity (Wildman–Crippen MR) is 131 cm³/mol. The average Bonchev–Trinajstić information content (AvgIpc) is 3.61. The number of carbonyl (C=O) groups excluding carboxylic acids is 2. The number of halogens is 4. The van der Waals surface area contributed by atoms with E-state index in [4.69, 9.17) is 0 Å². The van der Waals surface area contributed by atoms with Crippen molar-refractivity contribution in [3.8, 4) is 11.1 Å². The molecule has 3 amide bonds. The highest BCUT2D eigenvalue weighted by molar-refractivity contribution is 5.99. The molecule has 8 nitrogen and oxygen atoms in total. The van der Waals surface area contributed by atoms with Crippen molar-refractivity contribution >= 4 is 34.5 Å². The molecule has 2 fully saturated rings. The van der Waals surface area contributed by atoms with Crippen LogP contribution in [0.15, 0.2) is 36.5 Å². The van der Waals surface area contributed by atoms with Gasteiger partial charge in [0.25, 0.3) is 0 Å². The van der Waals surface area contributed by atoms with E-state index in [1.165, 1.54) is 11.0 Å². The maximum Gasteiger partial charge on any atom is 0.405 e. The second-order valence-electron chi connectivity index (χ2n) is 9.43. The van der Waals surface area contributed by atoms with E-state index >= 15 is 4.39 Å². The number of nitrogens with zero attached hydrogens (tertiary/aromatic N) is 2. The van der Waals surface area contributed by atoms with Gasteiger partial charge in [-0.2, -0.15) is 13.2 Å². The number of hydrogen-bond donors (Lipinski definition) is 4. The number of likely N-dealkylation sites (tertiary alicyclic amines) is 1. The first-order valence-corrected chi connectivity index (χ1v) is 12.1. The van der Waals surface area contributed by atoms with Crippen molar-refractivity contribution in [2.24, 2.45) is 5.92 Å². The molecule has 3 heterocycles. The Kier molecular flexibility index (Phi) is 6.65. The topological polar surface area (TPSA) is 102 Å². The number of H-pyrrole nitrogens is 1. The van der Waals surface area contributed by atoms with E-state index in [1.54, 1.807) is 24.4 Å². The molecule has 5 rings (SSSR count). The Labute approximate surface area is 209 Å². The summed E-state index contributed by atoms with van der Waals surface area (Å²) in [5, 5.41) is 8.65. The van der Waals surface area contributed by atoms with Gasteiger partial charge in [-0.05, 0) is 61.1 Å². The van der Waals surface area contributed by atoms with Crippen molar-refractivity contribution < 1.29 is 27.2 Å². The van der Waals surface area contributed by atoms with E-state index in [9.17, 15) is 22.8 Å². The van der Waals surface area contributed by atoms with Crippen molar-refractivity contribution in [3.63, 3.8) is 0 Å². The van der Waals surface area contributed by atoms with Gasteiger partial charge in [-0.3, -0.25) is 4.79 Å². The Morgan fingerprint density at radius 1 is 1.08 bits per heavy atom. The van der Waals surface area contributed by atoms with Gasteiger partial charge in [-0.25, -0.2) is 14.2 Å². The molecule has 0 radical (unpaired) electrons. The van der Waals surface area contributed by atoms with Crippen LogP contribution in [0, 0.1) is 11.7 Å². The van der Waals surface area contributed by atoms with E-state index in [-0.39, 0.29) is 31.0 Å². The highest BCUT2D eigenvalue weighted by atomic mass is 19.4. The summed E-state index contributed by atoms with van der Waals surface area (Å²) in [5.41, 5.74) is 2.22. The summed E-state index contributed by atoms with van der Waals surface area (Å²) in [4.78, 5) is 33.0. The number of aromatic nitrogens is 2. The third-order valence-electron chi connectivity index (χ3n) is 6.59. The van der Waals surface area contributed by atoms with Gasteiger partial charge in [0.05, 0.1) is 5.69 Å². The molecule has 2 aliphatic rings. The SMILES string of the molecule is O=C(Nc1cc(-c2ccc(NC3CCN(C(=O)NCC(F)(F)F)CC3)c(F)c2)c2cc[nH]c2n1)C1CC1. The van der Waals surface area contributed by atoms with Crippen molar-refractivity contribution in [2.45, 2.75) is 37.9 Å². The van der Waals surface area contributed by atoms with Crippen LogP contribution >= 0.6 is 0 Å². The number of urea groups is 1. The van der Waals surface area contributed by atoms with Crippen molar-refractivity contribution in [2.75, 3.05) is 30.3 Å². The van der Waals surface area contributed by atoms with Crippen molar-refractivity contribution in [1.82, 2.24) is 20.2 Å². The lowest BCUT2D eigenvalue weighted by Gasteiger charge is -2.33. The molecular formula is C25H26F4N6O2. The monoisotopic (exact) mass is 518 g/mol. The Bertz CT molecular complexity index is 1310. The third kappa shape index (κ3) is 5.95. The number of aromatic amines is 1. The Morgan fingerprint density at radius 3 is 2.51 bits per heavy atom. The summed E-state index contributed by atoms with van der Waals surface area (Å²) in [5.74, 6) is -0.116. The minimum Gasteiger partial charge on any atom is -0.380 e. The van der Waals surface area contributed by atoms with Gasteiger partial charge in [-0.1, -0.05) is 6.07 Å². The van der Waals surface area contributed by atoms with Crippen molar-refractivity contribution in [1.29, 1.82) is 0 Å². The first-order chi connectivity index (χ1) is 17.7. The van der Waals surface area contributed by atoms with Gasteiger partial charge >= 0.3 is 12.2 Å². The summed E-state index contributed by atoms with van der Waals surface area (Å²) in [6.07, 6.45) is -0.0526. The summed E-state index contributed by atoms with van der Waals surface area (Å²) in [7, 11) is 0. The number of pyridine rings is 1. The molecule has 1 saturated carbocycles. The van der Waals surface area contributed by atoms with Gasteiger partial charge in [0, 0.05) is 36.6 Å². The fraction of sp³-hybridized carbons (Fsp3) is 0.400. The fourth-order valence-electron chi connectivity index (χ4n) is 4.45. The molecule has 1 aliphatic heterocycles. The first kappa shape index (κ1) is 24.8. The fourth-order valence-corrected chi connectivity index (χ4v) is 4.45. The number of fused-ring (bicyclic) bond motifs is 1. The van der Waals surface area contributed by atoms with Crippen LogP contribution in [0.4, 0.5) is 33.9 Å². The maximum absolute atomic E-state index is 15.1. The Morgan fingerprint density at radius 2 is 1.84 bits per heavy atom. The van der Waals surface area contributed by atoms with E-state index in [0.29, 0.717) is 35.6 Å². The van der Waals surface area contributed by atoms with E-state index in [0.717, 1.165) is 23.8 Å². The average molecular weight is 519 g/mol. The van der Waals surface area contributed by atoms with Gasteiger partial charge in [0.1, 0.15) is 23.8 Å². The summed E-state index contributed by atoms with van der Waals surface area (Å²) in [6.45, 7) is -0.847. The molecule has 1 saturated heterocycles. The zero-order chi connectivity index (χ0) is 26.2. The summed E-state index contributed by atoms with van der Waals surface area (Å²) in [6, 6.07) is 7.51. The van der Waals surface area contributed by atoms with Crippen LogP contribution in [0.1, 0.15) is 25.7 Å². The summed E-state index contributed by atoms with van der Waals surface area (Å²) >= 11 is 0. The van der Waals surface area contributed by atoms with Gasteiger partial charge in [0.15, 0.2) is 0 Å². The third-order valence-corrected chi connectivity index (χ3v) is 6.59. The van der Waals surface area contributed by atoms with Crippen LogP contribution in [0.25, 0.3) is 22.2 Å². The normalized spacial score (nSPS) is 16.6. The van der Waals surface area contributed by atoms with Gasteiger partial charge < -0.3 is 25.8 Å². The second kappa shape index (κ2) is 9.91. The van der Waals surface area contributed by atoms with Gasteiger partial charge in [0.2, 0.25) is 5.91 Å². The predicted octanol–water partition coefficient (Wildman–Crippen LogP) is 4.87. The molecule has 0 unspecified atom stereocenters. The van der Waals surface area contributed by atoms with E-state index in [1.807, 2.05) is 11.4 Å². The number of carbonyl (C=O) groups is 2. The molecule has 196 valence electrons. The lowest BCUT2D eigenvalue weighted by Crippen LogP contribution is -2.48. The largest absolute Gasteiger partial charge is 0.405 e. The van der Waals surface area contributed by atoms with Crippen LogP contribution in [-0.4, -0.2) is 58.7 Å². The van der Waals surface area contributed by atoms with Crippen LogP contribution < -0.4 is 16.0 Å². The molecule has 4 N–H and O–H groups in total. The molecule has 2 aromatic heterocycles. The Hall–Kier alpha value is -3.83. The first-order valence-electron chi connectivity index (χ1n) is 12.1. The number of benzene rings is 1. The summed E-state index contributed by atoms with van der Waals surface area (Å²) < 4.78 is 52.1. The minimum absolute atomic E-state index is 0.0218. The van der Waals surface area contributed by atoms with Crippen LogP contribution in [0.3, 0.4) is 0 Å². The van der Waals surface area contributed by atoms with Crippen LogP contribution in [0.5, 0.6) is 0 Å². The number of nitrogens with one attached hydrogen (secondary N) is 4. The molecule has 12 heteroatoms. The van der Waals surface area contributed by atoms with Crippen LogP contribution in [-0.2, 0) is 4.79 Å². The number of anilines is 2. The second-order valence-corrected chi connectivity index (χ2v) is 9.43. The Balaban J connectivity index is 1.25. The minimum atomic E-state index is -4.46. The van der Waals surface area contributed by atoms with Crippen LogP contribution in [0.2, 0.25) is 0 Å². The highest BCUT2D eigenvalue weighted by Crippen LogP contribution is 2.34. The quantitative estimate of drug-likeness (QED) is 0.350. The number of rotatable bonds is 6. The molecule has 0 bridgehead atoms. The van der Waals surface area contributed by atoms with Crippen molar-refractivity contribution in [3.05, 3.63) is 42.3 Å². The number of hydrogen-bond acceptors (Lipinski definition) is 4. The molecule has 1 aromatic carbocycles. The molecule has 0 spiro atoms. The zero-order valence-corrected chi connectivity index (χ0v) is 19.8. The standard InChI is InChI=1S/C25H26F4N6O2/c26-19-11-15(18-12-21(34-23(36)14-1-2-14)33-22-17(18)5-8-30-22)3-4-20(19)32-16-6-9-35(10-7-16)24(37)31-13-25(27,28)29/h3-5,8,11-12,14,16,32H,1-2,6-7,9-10,13H2,(H,31,37)(H2,30,33,34,36). The molecule has 3 aromatic rings. The zero-order valence-electron chi connectivity index (χ0n) is 19.8. The molecular weight excluding hydrogens is 492 g/mol. The smallest absolute Gasteiger partial charge is 0.380 e.